The van der Waals surface area contributed by atoms with Crippen molar-refractivity contribution in [2.75, 3.05) is 13.1 Å². The fraction of sp³-hybridized carbons (Fsp3) is 0.500. The third-order valence-electron chi connectivity index (χ3n) is 3.98. The number of nitrogens with zero attached hydrogens (tertiary/aromatic N) is 1. The van der Waals surface area contributed by atoms with Crippen LogP contribution < -0.4 is 5.73 Å². The van der Waals surface area contributed by atoms with E-state index in [1.54, 1.807) is 0 Å². The van der Waals surface area contributed by atoms with E-state index in [2.05, 4.69) is 0 Å². The zero-order valence-corrected chi connectivity index (χ0v) is 14.4. The van der Waals surface area contributed by atoms with E-state index in [0.717, 1.165) is 25.7 Å². The Kier molecular flexibility index (Phi) is 5.95. The zero-order valence-electron chi connectivity index (χ0n) is 13.6. The predicted octanol–water partition coefficient (Wildman–Crippen LogP) is 1.28. The van der Waals surface area contributed by atoms with Crippen LogP contribution in [0.15, 0.2) is 29.2 Å². The molecule has 132 valence electrons. The molecule has 1 atom stereocenters. The molecule has 1 fully saturated rings. The Morgan fingerprint density at radius 2 is 1.62 bits per heavy atom. The van der Waals surface area contributed by atoms with Crippen molar-refractivity contribution < 1.29 is 22.7 Å². The van der Waals surface area contributed by atoms with Crippen LogP contribution >= 0.6 is 0 Å². The molecule has 1 aromatic carbocycles. The second-order valence-electron chi connectivity index (χ2n) is 5.79. The van der Waals surface area contributed by atoms with Crippen molar-refractivity contribution in [3.05, 3.63) is 29.8 Å². The Balaban J connectivity index is 2.13. The minimum absolute atomic E-state index is 0.142. The van der Waals surface area contributed by atoms with E-state index in [1.165, 1.54) is 35.5 Å². The molecular formula is C16H22N2O5S. The second kappa shape index (κ2) is 7.76. The highest BCUT2D eigenvalue weighted by Gasteiger charge is 2.25. The molecule has 0 aliphatic carbocycles. The van der Waals surface area contributed by atoms with Crippen molar-refractivity contribution in [1.29, 1.82) is 0 Å². The van der Waals surface area contributed by atoms with Gasteiger partial charge in [-0.1, -0.05) is 12.8 Å². The first-order valence-electron chi connectivity index (χ1n) is 7.93. The maximum atomic E-state index is 12.6. The molecule has 0 aromatic heterocycles. The molecule has 1 aliphatic rings. The van der Waals surface area contributed by atoms with Crippen molar-refractivity contribution in [2.24, 2.45) is 5.73 Å². The highest BCUT2D eigenvalue weighted by atomic mass is 32.2. The van der Waals surface area contributed by atoms with Gasteiger partial charge in [-0.05, 0) is 44.0 Å². The van der Waals surface area contributed by atoms with Crippen molar-refractivity contribution in [2.45, 2.75) is 43.6 Å². The molecule has 8 heteroatoms. The van der Waals surface area contributed by atoms with Gasteiger partial charge in [0.1, 0.15) is 0 Å². The zero-order chi connectivity index (χ0) is 17.7. The molecule has 0 bridgehead atoms. The van der Waals surface area contributed by atoms with Crippen molar-refractivity contribution in [3.63, 3.8) is 0 Å². The number of hydrogen-bond donors (Lipinski definition) is 1. The first kappa shape index (κ1) is 18.4. The van der Waals surface area contributed by atoms with E-state index in [4.69, 9.17) is 10.5 Å². The third-order valence-corrected chi connectivity index (χ3v) is 5.89. The van der Waals surface area contributed by atoms with Gasteiger partial charge in [-0.25, -0.2) is 13.2 Å². The van der Waals surface area contributed by atoms with Gasteiger partial charge in [-0.15, -0.1) is 0 Å². The molecule has 24 heavy (non-hydrogen) atoms. The lowest BCUT2D eigenvalue weighted by atomic mass is 10.2. The minimum atomic E-state index is -3.56. The molecule has 0 saturated carbocycles. The number of hydrogen-bond acceptors (Lipinski definition) is 5. The summed E-state index contributed by atoms with van der Waals surface area (Å²) < 4.78 is 31.6. The highest BCUT2D eigenvalue weighted by Crippen LogP contribution is 2.21. The van der Waals surface area contributed by atoms with Crippen molar-refractivity contribution in [1.82, 2.24) is 4.31 Å². The molecule has 1 aliphatic heterocycles. The lowest BCUT2D eigenvalue weighted by Crippen LogP contribution is -2.32. The summed E-state index contributed by atoms with van der Waals surface area (Å²) in [6.45, 7) is 2.41. The van der Waals surface area contributed by atoms with Gasteiger partial charge in [0.05, 0.1) is 10.5 Å². The quantitative estimate of drug-likeness (QED) is 0.802. The van der Waals surface area contributed by atoms with Crippen LogP contribution in [0.1, 0.15) is 43.0 Å². The van der Waals surface area contributed by atoms with Gasteiger partial charge in [0.2, 0.25) is 10.0 Å². The van der Waals surface area contributed by atoms with E-state index in [-0.39, 0.29) is 10.5 Å². The van der Waals surface area contributed by atoms with Crippen molar-refractivity contribution >= 4 is 21.9 Å². The summed E-state index contributed by atoms with van der Waals surface area (Å²) in [6.07, 6.45) is 2.74. The summed E-state index contributed by atoms with van der Waals surface area (Å²) in [6, 6.07) is 5.51. The summed E-state index contributed by atoms with van der Waals surface area (Å²) in [5.74, 6) is -1.47. The fourth-order valence-corrected chi connectivity index (χ4v) is 4.00. The molecule has 0 radical (unpaired) electrons. The van der Waals surface area contributed by atoms with E-state index >= 15 is 0 Å². The molecule has 2 rings (SSSR count). The van der Waals surface area contributed by atoms with Crippen LogP contribution in [0.5, 0.6) is 0 Å². The van der Waals surface area contributed by atoms with E-state index in [0.29, 0.717) is 13.1 Å². The normalized spacial score (nSPS) is 17.7. The van der Waals surface area contributed by atoms with Crippen LogP contribution in [-0.2, 0) is 19.6 Å². The fourth-order valence-electron chi connectivity index (χ4n) is 2.48. The summed E-state index contributed by atoms with van der Waals surface area (Å²) in [4.78, 5) is 22.9. The van der Waals surface area contributed by atoms with E-state index in [9.17, 15) is 18.0 Å². The maximum absolute atomic E-state index is 12.6. The first-order chi connectivity index (χ1) is 11.3. The summed E-state index contributed by atoms with van der Waals surface area (Å²) >= 11 is 0. The summed E-state index contributed by atoms with van der Waals surface area (Å²) in [5, 5.41) is 0. The van der Waals surface area contributed by atoms with Gasteiger partial charge < -0.3 is 10.5 Å². The molecule has 1 heterocycles. The Morgan fingerprint density at radius 1 is 1.08 bits per heavy atom. The van der Waals surface area contributed by atoms with Crippen LogP contribution in [0.25, 0.3) is 0 Å². The summed E-state index contributed by atoms with van der Waals surface area (Å²) in [5.41, 5.74) is 5.20. The lowest BCUT2D eigenvalue weighted by Gasteiger charge is -2.20. The number of benzene rings is 1. The largest absolute Gasteiger partial charge is 0.449 e. The number of esters is 1. The monoisotopic (exact) mass is 354 g/mol. The van der Waals surface area contributed by atoms with Crippen molar-refractivity contribution in [3.8, 4) is 0 Å². The van der Waals surface area contributed by atoms with Crippen LogP contribution in [0, 0.1) is 0 Å². The highest BCUT2D eigenvalue weighted by molar-refractivity contribution is 7.89. The van der Waals surface area contributed by atoms with Gasteiger partial charge in [-0.3, -0.25) is 4.79 Å². The number of sulfonamides is 1. The minimum Gasteiger partial charge on any atom is -0.449 e. The average molecular weight is 354 g/mol. The van der Waals surface area contributed by atoms with Crippen LogP contribution in [0.2, 0.25) is 0 Å². The van der Waals surface area contributed by atoms with Gasteiger partial charge in [-0.2, -0.15) is 4.31 Å². The number of rotatable bonds is 5. The van der Waals surface area contributed by atoms with Gasteiger partial charge in [0, 0.05) is 13.1 Å². The Labute approximate surface area is 141 Å². The number of carbonyl (C=O) groups excluding carboxylic acids is 2. The van der Waals surface area contributed by atoms with Gasteiger partial charge >= 0.3 is 5.97 Å². The predicted molar refractivity (Wildman–Crippen MR) is 87.7 cm³/mol. The smallest absolute Gasteiger partial charge is 0.338 e. The SMILES string of the molecule is C[C@@H](OC(=O)c1ccc(S(=O)(=O)N2CCCCCC2)cc1)C(N)=O. The number of carbonyl (C=O) groups is 2. The maximum Gasteiger partial charge on any atom is 0.338 e. The third kappa shape index (κ3) is 4.33. The lowest BCUT2D eigenvalue weighted by molar-refractivity contribution is -0.125. The number of ether oxygens (including phenoxy) is 1. The van der Waals surface area contributed by atoms with E-state index in [1.807, 2.05) is 0 Å². The van der Waals surface area contributed by atoms with Crippen LogP contribution in [0.3, 0.4) is 0 Å². The van der Waals surface area contributed by atoms with Gasteiger partial charge in [0.25, 0.3) is 5.91 Å². The topological polar surface area (TPSA) is 107 Å². The second-order valence-corrected chi connectivity index (χ2v) is 7.73. The van der Waals surface area contributed by atoms with E-state index < -0.39 is 28.0 Å². The average Bonchev–Trinajstić information content (AvgIpc) is 2.84. The molecule has 7 nitrogen and oxygen atoms in total. The van der Waals surface area contributed by atoms with Crippen LogP contribution in [0.4, 0.5) is 0 Å². The Morgan fingerprint density at radius 3 is 2.12 bits per heavy atom. The number of primary amides is 1. The Bertz CT molecular complexity index is 692. The standard InChI is InChI=1S/C16H22N2O5S/c1-12(15(17)19)23-16(20)13-6-8-14(9-7-13)24(21,22)18-10-4-2-3-5-11-18/h6-9,12H,2-5,10-11H2,1H3,(H2,17,19)/t12-/m1/s1. The summed E-state index contributed by atoms with van der Waals surface area (Å²) in [7, 11) is -3.56. The molecule has 2 N–H and O–H groups in total. The first-order valence-corrected chi connectivity index (χ1v) is 9.37. The number of nitrogens with two attached hydrogens (primary N) is 1. The molecule has 0 unspecified atom stereocenters. The van der Waals surface area contributed by atoms with Gasteiger partial charge in [0.15, 0.2) is 6.10 Å². The molecule has 1 amide bonds. The number of amides is 1. The molecular weight excluding hydrogens is 332 g/mol. The molecule has 1 saturated heterocycles. The van der Waals surface area contributed by atoms with Crippen LogP contribution in [-0.4, -0.2) is 43.8 Å². The molecule has 0 spiro atoms. The molecule has 1 aromatic rings. The Hall–Kier alpha value is -1.93.